The standard InChI is InChI=1S/C28H21ClN8O/c29-22-8-9-25(37-18-32-34-35-37)23(15-22)20-10-12-36(27(38)14-20)26(13-19-5-2-1-3-6-19)28-31-17-24(33-28)21-7-4-11-30-16-21/h1-12,14-18,26H,13H2,(H,31,33). The SMILES string of the molecule is O=c1cc(-c2cc(Cl)ccc2-n2cnnn2)ccn1C(Cc1ccccc1)c1nc(-c2cccnc2)c[nH]1. The lowest BCUT2D eigenvalue weighted by Gasteiger charge is -2.19. The molecule has 0 radical (unpaired) electrons. The summed E-state index contributed by atoms with van der Waals surface area (Å²) in [4.78, 5) is 25.9. The average molecular weight is 521 g/mol. The molecule has 6 rings (SSSR count). The molecule has 0 amide bonds. The molecule has 38 heavy (non-hydrogen) atoms. The lowest BCUT2D eigenvalue weighted by atomic mass is 10.0. The van der Waals surface area contributed by atoms with E-state index < -0.39 is 0 Å². The van der Waals surface area contributed by atoms with Gasteiger partial charge in [0.15, 0.2) is 0 Å². The Morgan fingerprint density at radius 2 is 1.87 bits per heavy atom. The Morgan fingerprint density at radius 1 is 0.974 bits per heavy atom. The van der Waals surface area contributed by atoms with Crippen LogP contribution in [0.2, 0.25) is 5.02 Å². The summed E-state index contributed by atoms with van der Waals surface area (Å²) >= 11 is 6.31. The van der Waals surface area contributed by atoms with E-state index in [0.717, 1.165) is 22.4 Å². The molecule has 0 spiro atoms. The number of tetrazole rings is 1. The highest BCUT2D eigenvalue weighted by Crippen LogP contribution is 2.29. The molecule has 0 saturated carbocycles. The van der Waals surface area contributed by atoms with E-state index in [-0.39, 0.29) is 11.6 Å². The fraction of sp³-hybridized carbons (Fsp3) is 0.0714. The average Bonchev–Trinajstić information content (AvgIpc) is 3.66. The van der Waals surface area contributed by atoms with Gasteiger partial charge < -0.3 is 9.55 Å². The Bertz CT molecular complexity index is 1730. The van der Waals surface area contributed by atoms with Crippen molar-refractivity contribution in [2.75, 3.05) is 0 Å². The van der Waals surface area contributed by atoms with Crippen LogP contribution in [-0.2, 0) is 6.42 Å². The number of nitrogens with one attached hydrogen (secondary N) is 1. The number of rotatable bonds is 7. The Morgan fingerprint density at radius 3 is 2.63 bits per heavy atom. The normalized spacial score (nSPS) is 11.9. The molecule has 6 aromatic rings. The number of pyridine rings is 2. The van der Waals surface area contributed by atoms with Crippen molar-refractivity contribution in [3.63, 3.8) is 0 Å². The number of benzene rings is 2. The molecule has 0 fully saturated rings. The molecule has 1 atom stereocenters. The molecule has 1 N–H and O–H groups in total. The summed E-state index contributed by atoms with van der Waals surface area (Å²) in [6.45, 7) is 0. The molecular weight excluding hydrogens is 500 g/mol. The number of imidazole rings is 1. The zero-order valence-corrected chi connectivity index (χ0v) is 20.8. The van der Waals surface area contributed by atoms with Gasteiger partial charge in [0, 0.05) is 53.4 Å². The van der Waals surface area contributed by atoms with Crippen molar-refractivity contribution in [1.82, 2.24) is 39.7 Å². The van der Waals surface area contributed by atoms with Crippen LogP contribution in [0.4, 0.5) is 0 Å². The molecule has 0 bridgehead atoms. The first-order chi connectivity index (χ1) is 18.7. The second kappa shape index (κ2) is 10.2. The maximum atomic E-state index is 13.6. The summed E-state index contributed by atoms with van der Waals surface area (Å²) in [5, 5.41) is 12.0. The van der Waals surface area contributed by atoms with Crippen LogP contribution in [0.1, 0.15) is 17.4 Å². The molecule has 9 nitrogen and oxygen atoms in total. The van der Waals surface area contributed by atoms with Crippen LogP contribution in [0.15, 0.2) is 109 Å². The number of hydrogen-bond acceptors (Lipinski definition) is 6. The minimum absolute atomic E-state index is 0.176. The second-order valence-electron chi connectivity index (χ2n) is 8.69. The highest BCUT2D eigenvalue weighted by Gasteiger charge is 2.21. The van der Waals surface area contributed by atoms with E-state index in [1.807, 2.05) is 60.8 Å². The van der Waals surface area contributed by atoms with Gasteiger partial charge in [-0.15, -0.1) is 5.10 Å². The molecule has 0 saturated heterocycles. The third kappa shape index (κ3) is 4.74. The minimum atomic E-state index is -0.359. The Kier molecular flexibility index (Phi) is 6.33. The quantitative estimate of drug-likeness (QED) is 0.325. The highest BCUT2D eigenvalue weighted by molar-refractivity contribution is 6.31. The lowest BCUT2D eigenvalue weighted by molar-refractivity contribution is 0.537. The van der Waals surface area contributed by atoms with Gasteiger partial charge in [0.1, 0.15) is 12.2 Å². The number of H-pyrrole nitrogens is 1. The van der Waals surface area contributed by atoms with E-state index in [4.69, 9.17) is 16.6 Å². The monoisotopic (exact) mass is 520 g/mol. The van der Waals surface area contributed by atoms with Crippen LogP contribution in [0, 0.1) is 0 Å². The number of aromatic nitrogens is 8. The van der Waals surface area contributed by atoms with E-state index in [1.54, 1.807) is 41.4 Å². The van der Waals surface area contributed by atoms with Gasteiger partial charge in [0.25, 0.3) is 5.56 Å². The number of nitrogens with zero attached hydrogens (tertiary/aromatic N) is 7. The van der Waals surface area contributed by atoms with Crippen LogP contribution >= 0.6 is 11.6 Å². The van der Waals surface area contributed by atoms with Gasteiger partial charge in [-0.3, -0.25) is 9.78 Å². The molecule has 0 aliphatic heterocycles. The molecule has 0 aliphatic carbocycles. The number of halogens is 1. The summed E-state index contributed by atoms with van der Waals surface area (Å²) in [6, 6.07) is 22.4. The van der Waals surface area contributed by atoms with Crippen LogP contribution in [-0.4, -0.2) is 39.7 Å². The zero-order valence-electron chi connectivity index (χ0n) is 20.0. The number of hydrogen-bond donors (Lipinski definition) is 1. The van der Waals surface area contributed by atoms with Gasteiger partial charge in [-0.2, -0.15) is 4.68 Å². The Balaban J connectivity index is 1.42. The van der Waals surface area contributed by atoms with E-state index in [9.17, 15) is 4.79 Å². The maximum absolute atomic E-state index is 13.6. The third-order valence-corrected chi connectivity index (χ3v) is 6.53. The van der Waals surface area contributed by atoms with E-state index >= 15 is 0 Å². The van der Waals surface area contributed by atoms with Crippen LogP contribution in [0.5, 0.6) is 0 Å². The van der Waals surface area contributed by atoms with Gasteiger partial charge in [0.05, 0.1) is 17.4 Å². The van der Waals surface area contributed by atoms with E-state index in [0.29, 0.717) is 28.5 Å². The maximum Gasteiger partial charge on any atom is 0.251 e. The molecule has 2 aromatic carbocycles. The summed E-state index contributed by atoms with van der Waals surface area (Å²) in [7, 11) is 0. The fourth-order valence-corrected chi connectivity index (χ4v) is 4.63. The van der Waals surface area contributed by atoms with Crippen molar-refractivity contribution in [3.05, 3.63) is 131 Å². The molecule has 10 heteroatoms. The molecule has 4 aromatic heterocycles. The van der Waals surface area contributed by atoms with Crippen molar-refractivity contribution in [1.29, 1.82) is 0 Å². The van der Waals surface area contributed by atoms with Gasteiger partial charge in [-0.1, -0.05) is 41.9 Å². The molecule has 186 valence electrons. The zero-order chi connectivity index (χ0) is 25.9. The summed E-state index contributed by atoms with van der Waals surface area (Å²) in [5.41, 5.74) is 4.73. The fourth-order valence-electron chi connectivity index (χ4n) is 4.46. The van der Waals surface area contributed by atoms with Crippen molar-refractivity contribution in [2.24, 2.45) is 0 Å². The minimum Gasteiger partial charge on any atom is -0.346 e. The predicted molar refractivity (Wildman–Crippen MR) is 144 cm³/mol. The first-order valence-electron chi connectivity index (χ1n) is 11.9. The Labute approximate surface area is 222 Å². The largest absolute Gasteiger partial charge is 0.346 e. The van der Waals surface area contributed by atoms with Gasteiger partial charge >= 0.3 is 0 Å². The topological polar surface area (TPSA) is 107 Å². The van der Waals surface area contributed by atoms with Crippen LogP contribution in [0.25, 0.3) is 28.1 Å². The molecule has 0 aliphatic rings. The second-order valence-corrected chi connectivity index (χ2v) is 9.13. The molecular formula is C28H21ClN8O. The lowest BCUT2D eigenvalue weighted by Crippen LogP contribution is -2.27. The third-order valence-electron chi connectivity index (χ3n) is 6.29. The summed E-state index contributed by atoms with van der Waals surface area (Å²) in [6.07, 6.45) is 9.20. The highest BCUT2D eigenvalue weighted by atomic mass is 35.5. The van der Waals surface area contributed by atoms with Crippen molar-refractivity contribution >= 4 is 11.6 Å². The van der Waals surface area contributed by atoms with Crippen LogP contribution in [0.3, 0.4) is 0 Å². The van der Waals surface area contributed by atoms with Crippen molar-refractivity contribution < 1.29 is 0 Å². The predicted octanol–water partition coefficient (Wildman–Crippen LogP) is 4.76. The van der Waals surface area contributed by atoms with Gasteiger partial charge in [0.2, 0.25) is 0 Å². The summed E-state index contributed by atoms with van der Waals surface area (Å²) in [5.74, 6) is 0.680. The first kappa shape index (κ1) is 23.5. The van der Waals surface area contributed by atoms with Gasteiger partial charge in [-0.25, -0.2) is 4.98 Å². The summed E-state index contributed by atoms with van der Waals surface area (Å²) < 4.78 is 3.24. The van der Waals surface area contributed by atoms with Crippen LogP contribution < -0.4 is 5.56 Å². The number of aromatic amines is 1. The molecule has 4 heterocycles. The van der Waals surface area contributed by atoms with Crippen molar-refractivity contribution in [2.45, 2.75) is 12.5 Å². The van der Waals surface area contributed by atoms with Crippen molar-refractivity contribution in [3.8, 4) is 28.1 Å². The van der Waals surface area contributed by atoms with E-state index in [1.165, 1.54) is 11.0 Å². The first-order valence-corrected chi connectivity index (χ1v) is 12.3. The molecule has 1 unspecified atom stereocenters. The Hall–Kier alpha value is -4.89. The van der Waals surface area contributed by atoms with Gasteiger partial charge in [-0.05, 0) is 58.0 Å². The van der Waals surface area contributed by atoms with E-state index in [2.05, 4.69) is 25.5 Å². The smallest absolute Gasteiger partial charge is 0.251 e.